The number of thiophene rings is 1. The molecule has 1 aromatic heterocycles. The van der Waals surface area contributed by atoms with Gasteiger partial charge in [-0.1, -0.05) is 19.1 Å². The summed E-state index contributed by atoms with van der Waals surface area (Å²) >= 11 is 1.38. The molecule has 2 heterocycles. The van der Waals surface area contributed by atoms with Gasteiger partial charge >= 0.3 is 0 Å². The molecule has 20 heavy (non-hydrogen) atoms. The van der Waals surface area contributed by atoms with Crippen LogP contribution in [0, 0.1) is 0 Å². The molecule has 0 spiro atoms. The van der Waals surface area contributed by atoms with Crippen LogP contribution < -0.4 is 5.32 Å². The summed E-state index contributed by atoms with van der Waals surface area (Å²) in [6.07, 6.45) is 2.33. The van der Waals surface area contributed by atoms with Crippen LogP contribution in [0.15, 0.2) is 41.8 Å². The molecule has 0 bridgehead atoms. The van der Waals surface area contributed by atoms with Crippen LogP contribution in [-0.2, 0) is 11.2 Å². The number of ketones is 1. The molecule has 1 aliphatic rings. The number of carbonyl (C=O) groups excluding carboxylic acids is 2. The first-order valence-electron chi connectivity index (χ1n) is 6.43. The fraction of sp³-hybridized carbons (Fsp3) is 0.125. The largest absolute Gasteiger partial charge is 0.321 e. The van der Waals surface area contributed by atoms with Gasteiger partial charge in [-0.05, 0) is 35.6 Å². The van der Waals surface area contributed by atoms with Crippen LogP contribution >= 0.6 is 11.3 Å². The van der Waals surface area contributed by atoms with E-state index in [2.05, 4.69) is 12.2 Å². The van der Waals surface area contributed by atoms with Crippen LogP contribution in [-0.4, -0.2) is 11.7 Å². The lowest BCUT2D eigenvalue weighted by molar-refractivity contribution is -0.110. The van der Waals surface area contributed by atoms with Gasteiger partial charge in [-0.25, -0.2) is 0 Å². The Morgan fingerprint density at radius 3 is 2.90 bits per heavy atom. The van der Waals surface area contributed by atoms with Gasteiger partial charge in [0.15, 0.2) is 5.78 Å². The molecule has 0 saturated carbocycles. The number of hydrogen-bond donors (Lipinski definition) is 1. The molecule has 0 radical (unpaired) electrons. The molecule has 1 aliphatic heterocycles. The Kier molecular flexibility index (Phi) is 3.24. The number of fused-ring (bicyclic) bond motifs is 1. The summed E-state index contributed by atoms with van der Waals surface area (Å²) in [4.78, 5) is 24.8. The van der Waals surface area contributed by atoms with Gasteiger partial charge in [0.05, 0.1) is 10.5 Å². The number of amides is 1. The van der Waals surface area contributed by atoms with Crippen LogP contribution in [0.2, 0.25) is 0 Å². The molecule has 0 atom stereocenters. The standard InChI is InChI=1S/C16H13NO2S/c1-2-10-5-6-13-11(8-10)12(16(19)17-13)9-14(18)15-4-3-7-20-15/h3-9H,2H2,1H3,(H,17,19)/b12-9-. The topological polar surface area (TPSA) is 46.2 Å². The number of benzene rings is 1. The number of carbonyl (C=O) groups is 2. The van der Waals surface area contributed by atoms with Crippen LogP contribution in [0.1, 0.15) is 27.7 Å². The van der Waals surface area contributed by atoms with E-state index in [9.17, 15) is 9.59 Å². The molecule has 0 saturated heterocycles. The van der Waals surface area contributed by atoms with Gasteiger partial charge in [-0.2, -0.15) is 0 Å². The third-order valence-corrected chi connectivity index (χ3v) is 4.20. The van der Waals surface area contributed by atoms with Gasteiger partial charge in [0.25, 0.3) is 5.91 Å². The van der Waals surface area contributed by atoms with Crippen molar-refractivity contribution in [2.45, 2.75) is 13.3 Å². The minimum atomic E-state index is -0.210. The molecule has 0 aliphatic carbocycles. The first-order chi connectivity index (χ1) is 9.69. The lowest BCUT2D eigenvalue weighted by Crippen LogP contribution is -2.05. The summed E-state index contributed by atoms with van der Waals surface area (Å²) in [6, 6.07) is 9.45. The van der Waals surface area contributed by atoms with E-state index in [1.807, 2.05) is 29.6 Å². The average Bonchev–Trinajstić information content (AvgIpc) is 3.07. The Morgan fingerprint density at radius 1 is 1.35 bits per heavy atom. The number of anilines is 1. The predicted molar refractivity (Wildman–Crippen MR) is 81.1 cm³/mol. The van der Waals surface area contributed by atoms with E-state index in [0.29, 0.717) is 10.5 Å². The zero-order chi connectivity index (χ0) is 14.1. The Morgan fingerprint density at radius 2 is 2.20 bits per heavy atom. The summed E-state index contributed by atoms with van der Waals surface area (Å²) in [6.45, 7) is 2.06. The van der Waals surface area contributed by atoms with Crippen molar-refractivity contribution in [2.75, 3.05) is 5.32 Å². The number of nitrogens with one attached hydrogen (secondary N) is 1. The maximum Gasteiger partial charge on any atom is 0.256 e. The van der Waals surface area contributed by atoms with E-state index < -0.39 is 0 Å². The molecule has 3 nitrogen and oxygen atoms in total. The van der Waals surface area contributed by atoms with E-state index in [0.717, 1.165) is 23.2 Å². The van der Waals surface area contributed by atoms with Gasteiger partial charge in [0, 0.05) is 17.3 Å². The molecule has 100 valence electrons. The second-order valence-electron chi connectivity index (χ2n) is 4.59. The second kappa shape index (κ2) is 5.06. The molecule has 3 rings (SSSR count). The van der Waals surface area contributed by atoms with Crippen LogP contribution in [0.3, 0.4) is 0 Å². The first-order valence-corrected chi connectivity index (χ1v) is 7.31. The Hall–Kier alpha value is -2.20. The Bertz CT molecular complexity index is 714. The van der Waals surface area contributed by atoms with E-state index in [-0.39, 0.29) is 11.7 Å². The fourth-order valence-corrected chi connectivity index (χ4v) is 2.86. The van der Waals surface area contributed by atoms with Gasteiger partial charge < -0.3 is 5.32 Å². The predicted octanol–water partition coefficient (Wildman–Crippen LogP) is 3.53. The third-order valence-electron chi connectivity index (χ3n) is 3.31. The monoisotopic (exact) mass is 283 g/mol. The third kappa shape index (κ3) is 2.18. The first kappa shape index (κ1) is 12.8. The molecular formula is C16H13NO2S. The quantitative estimate of drug-likeness (QED) is 0.692. The minimum Gasteiger partial charge on any atom is -0.321 e. The SMILES string of the molecule is CCc1ccc2c(c1)/C(=C/C(=O)c1cccs1)C(=O)N2. The molecule has 2 aromatic rings. The van der Waals surface area contributed by atoms with Crippen LogP contribution in [0.4, 0.5) is 5.69 Å². The highest BCUT2D eigenvalue weighted by atomic mass is 32.1. The summed E-state index contributed by atoms with van der Waals surface area (Å²) in [5.41, 5.74) is 3.19. The maximum absolute atomic E-state index is 12.1. The Balaban J connectivity index is 2.03. The molecule has 1 N–H and O–H groups in total. The molecule has 0 unspecified atom stereocenters. The van der Waals surface area contributed by atoms with Crippen LogP contribution in [0.25, 0.3) is 5.57 Å². The van der Waals surface area contributed by atoms with Crippen molar-refractivity contribution in [3.8, 4) is 0 Å². The van der Waals surface area contributed by atoms with Crippen molar-refractivity contribution in [1.29, 1.82) is 0 Å². The van der Waals surface area contributed by atoms with Crippen molar-refractivity contribution in [1.82, 2.24) is 0 Å². The Labute approximate surface area is 120 Å². The summed E-state index contributed by atoms with van der Waals surface area (Å²) in [5.74, 6) is -0.335. The van der Waals surface area contributed by atoms with E-state index in [4.69, 9.17) is 0 Å². The highest BCUT2D eigenvalue weighted by Gasteiger charge is 2.25. The van der Waals surface area contributed by atoms with Crippen molar-refractivity contribution in [3.63, 3.8) is 0 Å². The second-order valence-corrected chi connectivity index (χ2v) is 5.53. The molecular weight excluding hydrogens is 270 g/mol. The van der Waals surface area contributed by atoms with Crippen molar-refractivity contribution < 1.29 is 9.59 Å². The van der Waals surface area contributed by atoms with Crippen LogP contribution in [0.5, 0.6) is 0 Å². The zero-order valence-electron chi connectivity index (χ0n) is 11.0. The minimum absolute atomic E-state index is 0.125. The molecule has 4 heteroatoms. The van der Waals surface area contributed by atoms with Gasteiger partial charge in [0.2, 0.25) is 0 Å². The summed E-state index contributed by atoms with van der Waals surface area (Å²) in [5, 5.41) is 4.64. The van der Waals surface area contributed by atoms with Gasteiger partial charge in [-0.3, -0.25) is 9.59 Å². The van der Waals surface area contributed by atoms with E-state index >= 15 is 0 Å². The van der Waals surface area contributed by atoms with E-state index in [1.165, 1.54) is 17.4 Å². The maximum atomic E-state index is 12.1. The lowest BCUT2D eigenvalue weighted by atomic mass is 10.0. The highest BCUT2D eigenvalue weighted by Crippen LogP contribution is 2.33. The van der Waals surface area contributed by atoms with Gasteiger partial charge in [-0.15, -0.1) is 11.3 Å². The zero-order valence-corrected chi connectivity index (χ0v) is 11.8. The molecule has 0 fully saturated rings. The number of allylic oxidation sites excluding steroid dienone is 1. The van der Waals surface area contributed by atoms with Crippen molar-refractivity contribution in [3.05, 3.63) is 57.8 Å². The lowest BCUT2D eigenvalue weighted by Gasteiger charge is -2.01. The molecule has 1 aromatic carbocycles. The molecule has 1 amide bonds. The highest BCUT2D eigenvalue weighted by molar-refractivity contribution is 7.12. The van der Waals surface area contributed by atoms with Gasteiger partial charge in [0.1, 0.15) is 0 Å². The van der Waals surface area contributed by atoms with Crippen molar-refractivity contribution >= 4 is 34.3 Å². The number of rotatable bonds is 3. The van der Waals surface area contributed by atoms with E-state index in [1.54, 1.807) is 6.07 Å². The number of aryl methyl sites for hydroxylation is 1. The van der Waals surface area contributed by atoms with Crippen molar-refractivity contribution in [2.24, 2.45) is 0 Å². The number of hydrogen-bond acceptors (Lipinski definition) is 3. The fourth-order valence-electron chi connectivity index (χ4n) is 2.22. The smallest absolute Gasteiger partial charge is 0.256 e. The summed E-state index contributed by atoms with van der Waals surface area (Å²) in [7, 11) is 0. The normalized spacial score (nSPS) is 15.2. The average molecular weight is 283 g/mol. The summed E-state index contributed by atoms with van der Waals surface area (Å²) < 4.78 is 0.